The molecule has 0 aliphatic carbocycles. The van der Waals surface area contributed by atoms with Gasteiger partial charge in [-0.25, -0.2) is 0 Å². The lowest BCUT2D eigenvalue weighted by Gasteiger charge is -2.40. The van der Waals surface area contributed by atoms with Crippen LogP contribution in [0.2, 0.25) is 0 Å². The summed E-state index contributed by atoms with van der Waals surface area (Å²) < 4.78 is 0. The van der Waals surface area contributed by atoms with E-state index in [1.807, 2.05) is 11.0 Å². The maximum absolute atomic E-state index is 12.6. The van der Waals surface area contributed by atoms with Gasteiger partial charge in [0.15, 0.2) is 0 Å². The summed E-state index contributed by atoms with van der Waals surface area (Å²) in [6.45, 7) is 6.33. The zero-order valence-corrected chi connectivity index (χ0v) is 15.9. The first-order valence-electron chi connectivity index (χ1n) is 9.55. The normalized spacial score (nSPS) is 23.0. The van der Waals surface area contributed by atoms with Crippen LogP contribution in [0.15, 0.2) is 30.3 Å². The van der Waals surface area contributed by atoms with Crippen LogP contribution >= 0.6 is 0 Å². The molecule has 1 aromatic carbocycles. The predicted octanol–water partition coefficient (Wildman–Crippen LogP) is 1.10. The number of hydrogen-bond donors (Lipinski definition) is 1. The molecule has 0 radical (unpaired) electrons. The molecule has 0 bridgehead atoms. The highest BCUT2D eigenvalue weighted by Crippen LogP contribution is 2.24. The third kappa shape index (κ3) is 4.83. The second-order valence-electron chi connectivity index (χ2n) is 7.51. The fourth-order valence-corrected chi connectivity index (χ4v) is 3.93. The fourth-order valence-electron chi connectivity index (χ4n) is 3.93. The summed E-state index contributed by atoms with van der Waals surface area (Å²) in [5.41, 5.74) is 1.27. The zero-order valence-electron chi connectivity index (χ0n) is 15.9. The van der Waals surface area contributed by atoms with E-state index < -0.39 is 0 Å². The lowest BCUT2D eigenvalue weighted by atomic mass is 10.0. The number of likely N-dealkylation sites (tertiary alicyclic amines) is 1. The molecule has 6 nitrogen and oxygen atoms in total. The summed E-state index contributed by atoms with van der Waals surface area (Å²) in [6, 6.07) is 10.9. The van der Waals surface area contributed by atoms with Crippen molar-refractivity contribution < 1.29 is 9.59 Å². The van der Waals surface area contributed by atoms with Crippen molar-refractivity contribution in [1.29, 1.82) is 0 Å². The molecule has 0 saturated carbocycles. The Morgan fingerprint density at radius 2 is 1.77 bits per heavy atom. The van der Waals surface area contributed by atoms with E-state index >= 15 is 0 Å². The van der Waals surface area contributed by atoms with Crippen molar-refractivity contribution >= 4 is 11.8 Å². The lowest BCUT2D eigenvalue weighted by Crippen LogP contribution is -2.52. The summed E-state index contributed by atoms with van der Waals surface area (Å²) in [5, 5.41) is 3.18. The van der Waals surface area contributed by atoms with Gasteiger partial charge in [0, 0.05) is 51.7 Å². The van der Waals surface area contributed by atoms with E-state index in [9.17, 15) is 9.59 Å². The van der Waals surface area contributed by atoms with Crippen molar-refractivity contribution in [1.82, 2.24) is 20.0 Å². The van der Waals surface area contributed by atoms with Gasteiger partial charge in [0.2, 0.25) is 11.8 Å². The van der Waals surface area contributed by atoms with Gasteiger partial charge in [-0.3, -0.25) is 14.5 Å². The summed E-state index contributed by atoms with van der Waals surface area (Å²) in [7, 11) is 2.14. The fraction of sp³-hybridized carbons (Fsp3) is 0.600. The van der Waals surface area contributed by atoms with Crippen LogP contribution in [0.3, 0.4) is 0 Å². The quantitative estimate of drug-likeness (QED) is 0.876. The Hall–Kier alpha value is -1.92. The van der Waals surface area contributed by atoms with Crippen molar-refractivity contribution in [2.45, 2.75) is 31.8 Å². The average Bonchev–Trinajstić information content (AvgIpc) is 2.64. The number of carbonyl (C=O) groups excluding carboxylic acids is 2. The van der Waals surface area contributed by atoms with Crippen LogP contribution < -0.4 is 5.32 Å². The van der Waals surface area contributed by atoms with Gasteiger partial charge in [-0.05, 0) is 25.5 Å². The van der Waals surface area contributed by atoms with Crippen LogP contribution in [0, 0.1) is 0 Å². The van der Waals surface area contributed by atoms with Crippen LogP contribution in [0.4, 0.5) is 0 Å². The second kappa shape index (κ2) is 8.64. The number of piperidine rings is 1. The SMILES string of the molecule is CC(=O)N1CCC(NC(=O)CN2CCN(C)CC2c2ccccc2)CC1. The number of likely N-dealkylation sites (N-methyl/N-ethyl adjacent to an activating group) is 1. The van der Waals surface area contributed by atoms with E-state index in [0.29, 0.717) is 6.54 Å². The number of benzene rings is 1. The van der Waals surface area contributed by atoms with E-state index in [-0.39, 0.29) is 23.9 Å². The van der Waals surface area contributed by atoms with Crippen LogP contribution in [-0.2, 0) is 9.59 Å². The first-order chi connectivity index (χ1) is 12.5. The Morgan fingerprint density at radius 3 is 2.42 bits per heavy atom. The molecule has 1 aromatic rings. The minimum atomic E-state index is 0.0942. The molecule has 2 fully saturated rings. The molecule has 3 rings (SSSR count). The minimum absolute atomic E-state index is 0.0942. The molecule has 0 spiro atoms. The van der Waals surface area contributed by atoms with Gasteiger partial charge in [0.25, 0.3) is 0 Å². The Balaban J connectivity index is 1.55. The molecule has 6 heteroatoms. The van der Waals surface area contributed by atoms with Gasteiger partial charge in [0.1, 0.15) is 0 Å². The number of amides is 2. The maximum Gasteiger partial charge on any atom is 0.234 e. The molecular weight excluding hydrogens is 328 g/mol. The second-order valence-corrected chi connectivity index (χ2v) is 7.51. The molecular formula is C20H30N4O2. The number of piperazine rings is 1. The highest BCUT2D eigenvalue weighted by Gasteiger charge is 2.29. The van der Waals surface area contributed by atoms with Gasteiger partial charge in [-0.1, -0.05) is 30.3 Å². The first-order valence-corrected chi connectivity index (χ1v) is 9.55. The molecule has 142 valence electrons. The lowest BCUT2D eigenvalue weighted by molar-refractivity contribution is -0.130. The van der Waals surface area contributed by atoms with Gasteiger partial charge in [-0.2, -0.15) is 0 Å². The van der Waals surface area contributed by atoms with Gasteiger partial charge in [-0.15, -0.1) is 0 Å². The largest absolute Gasteiger partial charge is 0.352 e. The Bertz CT molecular complexity index is 613. The Kier molecular flexibility index (Phi) is 6.27. The smallest absolute Gasteiger partial charge is 0.234 e. The molecule has 2 amide bonds. The van der Waals surface area contributed by atoms with Crippen molar-refractivity contribution in [3.8, 4) is 0 Å². The molecule has 26 heavy (non-hydrogen) atoms. The zero-order chi connectivity index (χ0) is 18.5. The molecule has 2 aliphatic heterocycles. The minimum Gasteiger partial charge on any atom is -0.352 e. The van der Waals surface area contributed by atoms with Crippen molar-refractivity contribution in [2.75, 3.05) is 46.3 Å². The third-order valence-corrected chi connectivity index (χ3v) is 5.53. The number of nitrogens with one attached hydrogen (secondary N) is 1. The van der Waals surface area contributed by atoms with Gasteiger partial charge >= 0.3 is 0 Å². The van der Waals surface area contributed by atoms with Crippen molar-refractivity contribution in [2.24, 2.45) is 0 Å². The van der Waals surface area contributed by atoms with E-state index in [4.69, 9.17) is 0 Å². The summed E-state index contributed by atoms with van der Waals surface area (Å²) in [5.74, 6) is 0.217. The molecule has 1 N–H and O–H groups in total. The summed E-state index contributed by atoms with van der Waals surface area (Å²) in [6.07, 6.45) is 1.69. The maximum atomic E-state index is 12.6. The topological polar surface area (TPSA) is 55.9 Å². The monoisotopic (exact) mass is 358 g/mol. The number of hydrogen-bond acceptors (Lipinski definition) is 4. The standard InChI is InChI=1S/C20H30N4O2/c1-16(25)23-10-8-18(9-11-23)21-20(26)15-24-13-12-22(2)14-19(24)17-6-4-3-5-7-17/h3-7,18-19H,8-15H2,1-2H3,(H,21,26). The van der Waals surface area contributed by atoms with Crippen LogP contribution in [-0.4, -0.2) is 78.9 Å². The number of rotatable bonds is 4. The first kappa shape index (κ1) is 18.9. The van der Waals surface area contributed by atoms with Crippen LogP contribution in [0.5, 0.6) is 0 Å². The van der Waals surface area contributed by atoms with Crippen LogP contribution in [0.1, 0.15) is 31.4 Å². The Morgan fingerprint density at radius 1 is 1.08 bits per heavy atom. The molecule has 2 heterocycles. The molecule has 1 atom stereocenters. The highest BCUT2D eigenvalue weighted by atomic mass is 16.2. The van der Waals surface area contributed by atoms with E-state index in [2.05, 4.69) is 46.4 Å². The number of nitrogens with zero attached hydrogens (tertiary/aromatic N) is 3. The van der Waals surface area contributed by atoms with Gasteiger partial charge < -0.3 is 15.1 Å². The van der Waals surface area contributed by atoms with E-state index in [1.165, 1.54) is 5.56 Å². The molecule has 1 unspecified atom stereocenters. The highest BCUT2D eigenvalue weighted by molar-refractivity contribution is 5.78. The third-order valence-electron chi connectivity index (χ3n) is 5.53. The molecule has 0 aromatic heterocycles. The summed E-state index contributed by atoms with van der Waals surface area (Å²) in [4.78, 5) is 30.5. The van der Waals surface area contributed by atoms with E-state index in [0.717, 1.165) is 45.6 Å². The number of carbonyl (C=O) groups is 2. The molecule has 2 aliphatic rings. The van der Waals surface area contributed by atoms with Gasteiger partial charge in [0.05, 0.1) is 6.54 Å². The average molecular weight is 358 g/mol. The predicted molar refractivity (Wildman–Crippen MR) is 102 cm³/mol. The van der Waals surface area contributed by atoms with E-state index in [1.54, 1.807) is 6.92 Å². The Labute approximate surface area is 156 Å². The van der Waals surface area contributed by atoms with Crippen molar-refractivity contribution in [3.63, 3.8) is 0 Å². The molecule has 2 saturated heterocycles. The van der Waals surface area contributed by atoms with Crippen LogP contribution in [0.25, 0.3) is 0 Å². The van der Waals surface area contributed by atoms with Crippen molar-refractivity contribution in [3.05, 3.63) is 35.9 Å². The summed E-state index contributed by atoms with van der Waals surface area (Å²) >= 11 is 0.